The number of benzene rings is 1. The molecule has 2 aliphatic rings. The smallest absolute Gasteiger partial charge is 0.251 e. The van der Waals surface area contributed by atoms with Crippen molar-refractivity contribution < 1.29 is 9.59 Å². The quantitative estimate of drug-likeness (QED) is 0.670. The first-order chi connectivity index (χ1) is 15.4. The molecule has 2 aromatic rings. The molecule has 32 heavy (non-hydrogen) atoms. The van der Waals surface area contributed by atoms with Gasteiger partial charge in [-0.1, -0.05) is 19.9 Å². The van der Waals surface area contributed by atoms with E-state index in [1.165, 1.54) is 0 Å². The van der Waals surface area contributed by atoms with Crippen molar-refractivity contribution in [3.63, 3.8) is 0 Å². The van der Waals surface area contributed by atoms with Crippen molar-refractivity contribution >= 4 is 23.3 Å². The SMILES string of the molecule is CC[C@H]1[C@H](C)C(Nc2cccc(C)n2)c2cc(C(=O)NC3CCNC3)ccc2N1C(C)=O. The number of amides is 2. The Morgan fingerprint density at radius 2 is 2.06 bits per heavy atom. The predicted octanol–water partition coefficient (Wildman–Crippen LogP) is 3.42. The average Bonchev–Trinajstić information content (AvgIpc) is 3.27. The first-order valence-corrected chi connectivity index (χ1v) is 11.5. The van der Waals surface area contributed by atoms with Gasteiger partial charge in [-0.15, -0.1) is 0 Å². The number of nitrogens with one attached hydrogen (secondary N) is 3. The highest BCUT2D eigenvalue weighted by Crippen LogP contribution is 2.43. The number of nitrogens with zero attached hydrogens (tertiary/aromatic N) is 2. The maximum atomic E-state index is 13.0. The maximum Gasteiger partial charge on any atom is 0.251 e. The van der Waals surface area contributed by atoms with Gasteiger partial charge < -0.3 is 20.9 Å². The van der Waals surface area contributed by atoms with Gasteiger partial charge in [0.15, 0.2) is 0 Å². The van der Waals surface area contributed by atoms with Crippen LogP contribution in [0.1, 0.15) is 61.3 Å². The Morgan fingerprint density at radius 1 is 1.25 bits per heavy atom. The van der Waals surface area contributed by atoms with Gasteiger partial charge in [0.2, 0.25) is 5.91 Å². The van der Waals surface area contributed by atoms with E-state index in [4.69, 9.17) is 0 Å². The van der Waals surface area contributed by atoms with E-state index in [-0.39, 0.29) is 35.9 Å². The van der Waals surface area contributed by atoms with Crippen molar-refractivity contribution in [3.05, 3.63) is 53.2 Å². The molecule has 0 saturated carbocycles. The van der Waals surface area contributed by atoms with Gasteiger partial charge in [-0.3, -0.25) is 9.59 Å². The van der Waals surface area contributed by atoms with Gasteiger partial charge in [0.05, 0.1) is 6.04 Å². The Labute approximate surface area is 190 Å². The lowest BCUT2D eigenvalue weighted by Gasteiger charge is -2.45. The molecule has 0 radical (unpaired) electrons. The summed E-state index contributed by atoms with van der Waals surface area (Å²) >= 11 is 0. The number of aryl methyl sites for hydroxylation is 1. The first kappa shape index (κ1) is 22.3. The molecular weight excluding hydrogens is 402 g/mol. The molecule has 1 fully saturated rings. The first-order valence-electron chi connectivity index (χ1n) is 11.5. The molecule has 0 spiro atoms. The fourth-order valence-corrected chi connectivity index (χ4v) is 5.08. The molecular formula is C25H33N5O2. The zero-order valence-corrected chi connectivity index (χ0v) is 19.3. The van der Waals surface area contributed by atoms with Gasteiger partial charge in [0.1, 0.15) is 5.82 Å². The second kappa shape index (κ2) is 9.28. The monoisotopic (exact) mass is 435 g/mol. The van der Waals surface area contributed by atoms with Crippen molar-refractivity contribution in [1.82, 2.24) is 15.6 Å². The van der Waals surface area contributed by atoms with Crippen LogP contribution in [0.15, 0.2) is 36.4 Å². The van der Waals surface area contributed by atoms with Crippen LogP contribution in [0.4, 0.5) is 11.5 Å². The average molecular weight is 436 g/mol. The third-order valence-electron chi connectivity index (χ3n) is 6.69. The number of rotatable bonds is 5. The lowest BCUT2D eigenvalue weighted by atomic mass is 9.80. The van der Waals surface area contributed by atoms with Gasteiger partial charge in [-0.2, -0.15) is 0 Å². The molecule has 2 aliphatic heterocycles. The van der Waals surface area contributed by atoms with Crippen LogP contribution in [-0.4, -0.2) is 42.0 Å². The second-order valence-corrected chi connectivity index (χ2v) is 8.95. The fourth-order valence-electron chi connectivity index (χ4n) is 5.08. The van der Waals surface area contributed by atoms with E-state index in [0.717, 1.165) is 48.7 Å². The third-order valence-corrected chi connectivity index (χ3v) is 6.69. The molecule has 1 saturated heterocycles. The van der Waals surface area contributed by atoms with Crippen molar-refractivity contribution in [3.8, 4) is 0 Å². The molecule has 0 aliphatic carbocycles. The summed E-state index contributed by atoms with van der Waals surface area (Å²) < 4.78 is 0. The molecule has 3 heterocycles. The van der Waals surface area contributed by atoms with E-state index in [9.17, 15) is 9.59 Å². The summed E-state index contributed by atoms with van der Waals surface area (Å²) in [6.45, 7) is 9.58. The van der Waals surface area contributed by atoms with Crippen molar-refractivity contribution in [2.45, 2.75) is 58.7 Å². The lowest BCUT2D eigenvalue weighted by Crippen LogP contribution is -2.49. The Balaban J connectivity index is 1.73. The maximum absolute atomic E-state index is 13.0. The topological polar surface area (TPSA) is 86.4 Å². The number of carbonyl (C=O) groups is 2. The minimum Gasteiger partial charge on any atom is -0.363 e. The molecule has 170 valence electrons. The van der Waals surface area contributed by atoms with Crippen LogP contribution in [0.2, 0.25) is 0 Å². The molecule has 7 heteroatoms. The van der Waals surface area contributed by atoms with Crippen LogP contribution in [-0.2, 0) is 4.79 Å². The molecule has 3 N–H and O–H groups in total. The highest BCUT2D eigenvalue weighted by Gasteiger charge is 2.40. The largest absolute Gasteiger partial charge is 0.363 e. The second-order valence-electron chi connectivity index (χ2n) is 8.95. The van der Waals surface area contributed by atoms with Gasteiger partial charge in [-0.05, 0) is 62.2 Å². The van der Waals surface area contributed by atoms with Gasteiger partial charge in [0.25, 0.3) is 5.91 Å². The van der Waals surface area contributed by atoms with Gasteiger partial charge >= 0.3 is 0 Å². The van der Waals surface area contributed by atoms with E-state index >= 15 is 0 Å². The van der Waals surface area contributed by atoms with E-state index < -0.39 is 0 Å². The van der Waals surface area contributed by atoms with Crippen LogP contribution in [0, 0.1) is 12.8 Å². The number of hydrogen-bond donors (Lipinski definition) is 3. The Kier molecular flexibility index (Phi) is 6.46. The van der Waals surface area contributed by atoms with E-state index in [0.29, 0.717) is 5.56 Å². The van der Waals surface area contributed by atoms with Crippen LogP contribution in [0.25, 0.3) is 0 Å². The van der Waals surface area contributed by atoms with Crippen LogP contribution < -0.4 is 20.9 Å². The Hall–Kier alpha value is -2.93. The number of hydrogen-bond acceptors (Lipinski definition) is 5. The fraction of sp³-hybridized carbons (Fsp3) is 0.480. The minimum absolute atomic E-state index is 0.0197. The van der Waals surface area contributed by atoms with Crippen LogP contribution in [0.3, 0.4) is 0 Å². The standard InChI is InChI=1S/C25H33N5O2/c1-5-21-16(3)24(29-23-8-6-7-15(2)27-23)20-13-18(9-10-22(20)30(21)17(4)31)25(32)28-19-11-12-26-14-19/h6-10,13,16,19,21,24,26H,5,11-12,14H2,1-4H3,(H,27,29)(H,28,32)/t16-,19?,21-,24?/m0/s1. The molecule has 7 nitrogen and oxygen atoms in total. The van der Waals surface area contributed by atoms with Crippen LogP contribution in [0.5, 0.6) is 0 Å². The Morgan fingerprint density at radius 3 is 2.72 bits per heavy atom. The third kappa shape index (κ3) is 4.35. The molecule has 1 aromatic heterocycles. The summed E-state index contributed by atoms with van der Waals surface area (Å²) in [6.07, 6.45) is 1.78. The van der Waals surface area contributed by atoms with Crippen molar-refractivity contribution in [2.75, 3.05) is 23.3 Å². The summed E-state index contributed by atoms with van der Waals surface area (Å²) in [5, 5.41) is 10.0. The number of fused-ring (bicyclic) bond motifs is 1. The van der Waals surface area contributed by atoms with Gasteiger partial charge in [0, 0.05) is 48.4 Å². The molecule has 2 unspecified atom stereocenters. The summed E-state index contributed by atoms with van der Waals surface area (Å²) in [7, 11) is 0. The predicted molar refractivity (Wildman–Crippen MR) is 127 cm³/mol. The number of pyridine rings is 1. The molecule has 2 amide bonds. The molecule has 4 atom stereocenters. The highest BCUT2D eigenvalue weighted by molar-refractivity contribution is 5.98. The lowest BCUT2D eigenvalue weighted by molar-refractivity contribution is -0.117. The summed E-state index contributed by atoms with van der Waals surface area (Å²) in [4.78, 5) is 32.1. The normalized spacial score (nSPS) is 24.7. The van der Waals surface area contributed by atoms with Crippen molar-refractivity contribution in [2.24, 2.45) is 5.92 Å². The van der Waals surface area contributed by atoms with E-state index in [1.54, 1.807) is 6.92 Å². The Bertz CT molecular complexity index is 1000. The van der Waals surface area contributed by atoms with Crippen LogP contribution >= 0.6 is 0 Å². The molecule has 1 aromatic carbocycles. The number of carbonyl (C=O) groups excluding carboxylic acids is 2. The molecule has 0 bridgehead atoms. The summed E-state index contributed by atoms with van der Waals surface area (Å²) in [5.74, 6) is 0.877. The minimum atomic E-state index is -0.0754. The van der Waals surface area contributed by atoms with E-state index in [2.05, 4.69) is 34.8 Å². The van der Waals surface area contributed by atoms with Gasteiger partial charge in [-0.25, -0.2) is 4.98 Å². The zero-order chi connectivity index (χ0) is 22.8. The molecule has 4 rings (SSSR count). The number of anilines is 2. The highest BCUT2D eigenvalue weighted by atomic mass is 16.2. The summed E-state index contributed by atoms with van der Waals surface area (Å²) in [6, 6.07) is 11.8. The number of aromatic nitrogens is 1. The zero-order valence-electron chi connectivity index (χ0n) is 19.3. The summed E-state index contributed by atoms with van der Waals surface area (Å²) in [5.41, 5.74) is 3.38. The van der Waals surface area contributed by atoms with E-state index in [1.807, 2.05) is 48.2 Å². The van der Waals surface area contributed by atoms with Crippen molar-refractivity contribution in [1.29, 1.82) is 0 Å².